The maximum Gasteiger partial charge on any atom is 0.434 e. The molecule has 0 aliphatic carbocycles. The quantitative estimate of drug-likeness (QED) is 0.587. The molecule has 1 aromatic heterocycles. The number of anilines is 1. The Bertz CT molecular complexity index is 814. The van der Waals surface area contributed by atoms with Gasteiger partial charge in [0.1, 0.15) is 5.75 Å². The van der Waals surface area contributed by atoms with Gasteiger partial charge in [-0.3, -0.25) is 4.99 Å². The third-order valence-corrected chi connectivity index (χ3v) is 5.60. The van der Waals surface area contributed by atoms with Crippen molar-refractivity contribution in [2.45, 2.75) is 12.6 Å². The van der Waals surface area contributed by atoms with Gasteiger partial charge in [-0.2, -0.15) is 13.2 Å². The van der Waals surface area contributed by atoms with Crippen LogP contribution in [0.25, 0.3) is 0 Å². The van der Waals surface area contributed by atoms with Crippen LogP contribution < -0.4 is 15.0 Å². The van der Waals surface area contributed by atoms with Crippen molar-refractivity contribution in [2.24, 2.45) is 4.99 Å². The van der Waals surface area contributed by atoms with Gasteiger partial charge in [-0.05, 0) is 24.3 Å². The molecule has 1 N–H and O–H groups in total. The summed E-state index contributed by atoms with van der Waals surface area (Å²) in [4.78, 5) is 12.4. The number of aliphatic imine (C=N–C) groups is 1. The Balaban J connectivity index is 1.47. The summed E-state index contributed by atoms with van der Waals surface area (Å²) in [6.45, 7) is 3.81. The average molecular weight is 427 g/mol. The average Bonchev–Trinajstić information content (AvgIpc) is 3.21. The van der Waals surface area contributed by atoms with Gasteiger partial charge in [0.05, 0.1) is 12.1 Å². The molecule has 0 spiro atoms. The number of nitrogens with zero attached hydrogens (tertiary/aromatic N) is 4. The smallest absolute Gasteiger partial charge is 0.434 e. The molecular weight excluding hydrogens is 403 g/mol. The third kappa shape index (κ3) is 5.53. The molecule has 0 unspecified atom stereocenters. The van der Waals surface area contributed by atoms with E-state index >= 15 is 0 Å². The number of thiazole rings is 1. The number of piperazine rings is 1. The van der Waals surface area contributed by atoms with Crippen molar-refractivity contribution in [1.82, 2.24) is 15.2 Å². The van der Waals surface area contributed by atoms with E-state index in [9.17, 15) is 13.2 Å². The summed E-state index contributed by atoms with van der Waals surface area (Å²) >= 11 is 1.03. The van der Waals surface area contributed by atoms with Crippen LogP contribution in [0.3, 0.4) is 0 Å². The zero-order valence-corrected chi connectivity index (χ0v) is 17.2. The molecule has 0 saturated carbocycles. The molecule has 1 fully saturated rings. The molecule has 0 amide bonds. The van der Waals surface area contributed by atoms with Gasteiger partial charge >= 0.3 is 6.18 Å². The summed E-state index contributed by atoms with van der Waals surface area (Å²) in [7, 11) is 3.36. The lowest BCUT2D eigenvalue weighted by atomic mass is 10.2. The summed E-state index contributed by atoms with van der Waals surface area (Å²) in [6, 6.07) is 7.99. The highest BCUT2D eigenvalue weighted by Crippen LogP contribution is 2.30. The second-order valence-electron chi connectivity index (χ2n) is 6.52. The van der Waals surface area contributed by atoms with E-state index in [4.69, 9.17) is 4.74 Å². The Morgan fingerprint density at radius 2 is 1.90 bits per heavy atom. The van der Waals surface area contributed by atoms with Gasteiger partial charge in [0.15, 0.2) is 11.7 Å². The van der Waals surface area contributed by atoms with Crippen LogP contribution in [0.4, 0.5) is 18.9 Å². The number of aromatic nitrogens is 1. The van der Waals surface area contributed by atoms with E-state index in [1.807, 2.05) is 24.3 Å². The van der Waals surface area contributed by atoms with E-state index in [-0.39, 0.29) is 0 Å². The molecule has 2 aromatic rings. The van der Waals surface area contributed by atoms with E-state index in [0.29, 0.717) is 18.0 Å². The fourth-order valence-corrected chi connectivity index (χ4v) is 3.94. The van der Waals surface area contributed by atoms with Crippen LogP contribution in [-0.2, 0) is 12.6 Å². The Morgan fingerprint density at radius 1 is 1.21 bits per heavy atom. The maximum atomic E-state index is 12.6. The molecule has 0 atom stereocenters. The summed E-state index contributed by atoms with van der Waals surface area (Å²) in [6.07, 6.45) is -3.96. The van der Waals surface area contributed by atoms with Crippen molar-refractivity contribution >= 4 is 23.0 Å². The van der Waals surface area contributed by atoms with Crippen LogP contribution in [0.1, 0.15) is 10.7 Å². The molecule has 29 heavy (non-hydrogen) atoms. The first-order valence-corrected chi connectivity index (χ1v) is 10.1. The van der Waals surface area contributed by atoms with Crippen molar-refractivity contribution < 1.29 is 17.9 Å². The van der Waals surface area contributed by atoms with Gasteiger partial charge in [0, 0.05) is 57.3 Å². The first-order chi connectivity index (χ1) is 13.9. The van der Waals surface area contributed by atoms with Crippen LogP contribution in [0.5, 0.6) is 5.75 Å². The second kappa shape index (κ2) is 9.34. The highest BCUT2D eigenvalue weighted by Gasteiger charge is 2.33. The van der Waals surface area contributed by atoms with Crippen LogP contribution in [0, 0.1) is 0 Å². The Labute approximate surface area is 172 Å². The van der Waals surface area contributed by atoms with E-state index in [2.05, 4.69) is 25.1 Å². The highest BCUT2D eigenvalue weighted by atomic mass is 32.1. The first kappa shape index (κ1) is 21.2. The number of methoxy groups -OCH3 is 1. The van der Waals surface area contributed by atoms with Crippen LogP contribution in [0.2, 0.25) is 0 Å². The minimum Gasteiger partial charge on any atom is -0.497 e. The number of guanidine groups is 1. The first-order valence-electron chi connectivity index (χ1n) is 9.27. The molecule has 1 aromatic carbocycles. The number of nitrogens with one attached hydrogen (secondary N) is 1. The normalized spacial score (nSPS) is 15.6. The van der Waals surface area contributed by atoms with Crippen LogP contribution in [-0.4, -0.2) is 62.7 Å². The summed E-state index contributed by atoms with van der Waals surface area (Å²) < 4.78 is 43.1. The number of benzene rings is 1. The molecule has 1 aliphatic heterocycles. The minimum absolute atomic E-state index is 0.422. The van der Waals surface area contributed by atoms with E-state index in [1.165, 1.54) is 0 Å². The summed E-state index contributed by atoms with van der Waals surface area (Å²) in [5, 5.41) is 4.75. The fourth-order valence-electron chi connectivity index (χ4n) is 3.14. The molecular formula is C19H24F3N5OS. The van der Waals surface area contributed by atoms with Crippen molar-refractivity contribution in [2.75, 3.05) is 51.8 Å². The number of ether oxygens (including phenoxy) is 1. The van der Waals surface area contributed by atoms with E-state index < -0.39 is 11.9 Å². The zero-order valence-electron chi connectivity index (χ0n) is 16.4. The fraction of sp³-hybridized carbons (Fsp3) is 0.474. The van der Waals surface area contributed by atoms with E-state index in [1.54, 1.807) is 14.2 Å². The molecule has 1 saturated heterocycles. The Kier molecular flexibility index (Phi) is 6.83. The number of alkyl halides is 3. The van der Waals surface area contributed by atoms with Gasteiger partial charge in [-0.15, -0.1) is 11.3 Å². The molecule has 0 radical (unpaired) electrons. The lowest BCUT2D eigenvalue weighted by Gasteiger charge is -2.37. The van der Waals surface area contributed by atoms with Crippen LogP contribution >= 0.6 is 11.3 Å². The minimum atomic E-state index is -4.39. The van der Waals surface area contributed by atoms with Gasteiger partial charge in [-0.1, -0.05) is 0 Å². The Morgan fingerprint density at radius 3 is 2.45 bits per heavy atom. The van der Waals surface area contributed by atoms with Crippen molar-refractivity contribution in [3.63, 3.8) is 0 Å². The van der Waals surface area contributed by atoms with Gasteiger partial charge in [0.25, 0.3) is 0 Å². The van der Waals surface area contributed by atoms with Crippen molar-refractivity contribution in [3.05, 3.63) is 40.3 Å². The maximum absolute atomic E-state index is 12.6. The van der Waals surface area contributed by atoms with Gasteiger partial charge < -0.3 is 19.9 Å². The number of hydrogen-bond acceptors (Lipinski definition) is 5. The number of rotatable bonds is 5. The van der Waals surface area contributed by atoms with Crippen molar-refractivity contribution in [1.29, 1.82) is 0 Å². The summed E-state index contributed by atoms with van der Waals surface area (Å²) in [5.74, 6) is 1.59. The number of halogens is 3. The van der Waals surface area contributed by atoms with Crippen LogP contribution in [0.15, 0.2) is 34.6 Å². The SMILES string of the molecule is CN=C(NCCc1nc(C(F)(F)F)cs1)N1CCN(c2ccc(OC)cc2)CC1. The predicted molar refractivity (Wildman–Crippen MR) is 109 cm³/mol. The molecule has 6 nitrogen and oxygen atoms in total. The molecule has 0 bridgehead atoms. The lowest BCUT2D eigenvalue weighted by Crippen LogP contribution is -2.52. The summed E-state index contributed by atoms with van der Waals surface area (Å²) in [5.41, 5.74) is 0.328. The Hall–Kier alpha value is -2.49. The molecule has 1 aliphatic rings. The topological polar surface area (TPSA) is 53.0 Å². The molecule has 2 heterocycles. The highest BCUT2D eigenvalue weighted by molar-refractivity contribution is 7.09. The molecule has 158 valence electrons. The third-order valence-electron chi connectivity index (χ3n) is 4.69. The molecule has 3 rings (SSSR count). The largest absolute Gasteiger partial charge is 0.497 e. The predicted octanol–water partition coefficient (Wildman–Crippen LogP) is 3.11. The lowest BCUT2D eigenvalue weighted by molar-refractivity contribution is -0.140. The second-order valence-corrected chi connectivity index (χ2v) is 7.46. The molecule has 10 heteroatoms. The number of hydrogen-bond donors (Lipinski definition) is 1. The van der Waals surface area contributed by atoms with E-state index in [0.717, 1.165) is 60.3 Å². The van der Waals surface area contributed by atoms with Crippen molar-refractivity contribution in [3.8, 4) is 5.75 Å². The van der Waals surface area contributed by atoms with Gasteiger partial charge in [0.2, 0.25) is 0 Å². The zero-order chi connectivity index (χ0) is 20.9. The van der Waals surface area contributed by atoms with Gasteiger partial charge in [-0.25, -0.2) is 4.98 Å². The standard InChI is InChI=1S/C19H24F3N5OS/c1-23-18(24-8-7-17-25-16(13-29-17)19(20,21)22)27-11-9-26(10-12-27)14-3-5-15(28-2)6-4-14/h3-6,13H,7-12H2,1-2H3,(H,23,24). The monoisotopic (exact) mass is 427 g/mol.